The molecule has 0 aromatic heterocycles. The van der Waals surface area contributed by atoms with Crippen LogP contribution in [0.3, 0.4) is 0 Å². The van der Waals surface area contributed by atoms with E-state index in [0.717, 1.165) is 25.3 Å². The van der Waals surface area contributed by atoms with Gasteiger partial charge in [0.2, 0.25) is 0 Å². The van der Waals surface area contributed by atoms with Gasteiger partial charge < -0.3 is 20.3 Å². The molecule has 0 aliphatic rings. The number of benzene rings is 2. The molecule has 25 heavy (non-hydrogen) atoms. The second-order valence-electron chi connectivity index (χ2n) is 6.28. The first kappa shape index (κ1) is 19.2. The molecule has 5 heteroatoms. The molecule has 2 rings (SSSR count). The number of nitrogens with one attached hydrogen (secondary N) is 3. The molecule has 0 saturated heterocycles. The quantitative estimate of drug-likeness (QED) is 0.627. The van der Waals surface area contributed by atoms with Gasteiger partial charge in [-0.15, -0.1) is 0 Å². The Labute approximate surface area is 156 Å². The summed E-state index contributed by atoms with van der Waals surface area (Å²) in [6.07, 6.45) is 0.959. The maximum absolute atomic E-state index is 5.42. The van der Waals surface area contributed by atoms with Crippen molar-refractivity contribution in [2.24, 2.45) is 0 Å². The second kappa shape index (κ2) is 10.0. The maximum Gasteiger partial charge on any atom is 0.166 e. The summed E-state index contributed by atoms with van der Waals surface area (Å²) in [4.78, 5) is 1.34. The van der Waals surface area contributed by atoms with Crippen molar-refractivity contribution in [2.75, 3.05) is 34.3 Å². The highest BCUT2D eigenvalue weighted by Gasteiger charge is 2.18. The molecule has 134 valence electrons. The highest BCUT2D eigenvalue weighted by atomic mass is 32.1. The molecule has 0 fully saturated rings. The fourth-order valence-electron chi connectivity index (χ4n) is 2.74. The first-order valence-corrected chi connectivity index (χ1v) is 9.00. The molecule has 0 radical (unpaired) electrons. The van der Waals surface area contributed by atoms with E-state index in [1.807, 2.05) is 18.2 Å². The molecule has 0 heterocycles. The Kier molecular flexibility index (Phi) is 7.70. The fourth-order valence-corrected chi connectivity index (χ4v) is 2.92. The molecule has 4 nitrogen and oxygen atoms in total. The van der Waals surface area contributed by atoms with Crippen LogP contribution in [0.25, 0.3) is 0 Å². The Morgan fingerprint density at radius 1 is 1.08 bits per heavy atom. The van der Waals surface area contributed by atoms with E-state index in [2.05, 4.69) is 61.1 Å². The fraction of sp³-hybridized carbons (Fsp3) is 0.350. The smallest absolute Gasteiger partial charge is 0.166 e. The molecular formula is C20H28N3OS+. The third kappa shape index (κ3) is 6.36. The van der Waals surface area contributed by atoms with Crippen LogP contribution in [0.5, 0.6) is 5.75 Å². The molecule has 0 saturated carbocycles. The van der Waals surface area contributed by atoms with Crippen LogP contribution in [-0.2, 0) is 6.42 Å². The normalized spacial score (nSPS) is 11.8. The van der Waals surface area contributed by atoms with Gasteiger partial charge in [-0.3, -0.25) is 0 Å². The highest BCUT2D eigenvalue weighted by molar-refractivity contribution is 7.80. The monoisotopic (exact) mass is 358 g/mol. The third-order valence-electron chi connectivity index (χ3n) is 4.20. The summed E-state index contributed by atoms with van der Waals surface area (Å²) >= 11 is 5.42. The summed E-state index contributed by atoms with van der Waals surface area (Å²) in [5.41, 5.74) is 2.55. The highest BCUT2D eigenvalue weighted by Crippen LogP contribution is 2.16. The molecule has 1 atom stereocenters. The molecule has 0 spiro atoms. The van der Waals surface area contributed by atoms with Crippen LogP contribution in [0.1, 0.15) is 17.2 Å². The SMILES string of the molecule is COc1cccc([C@H](CNC(=S)NCCc2ccccc2)[NH+](C)C)c1. The molecule has 2 aromatic rings. The average Bonchev–Trinajstić information content (AvgIpc) is 2.62. The Morgan fingerprint density at radius 3 is 2.52 bits per heavy atom. The summed E-state index contributed by atoms with van der Waals surface area (Å²) in [7, 11) is 6.00. The van der Waals surface area contributed by atoms with E-state index in [4.69, 9.17) is 17.0 Å². The Hall–Kier alpha value is -2.11. The van der Waals surface area contributed by atoms with E-state index in [0.29, 0.717) is 11.2 Å². The van der Waals surface area contributed by atoms with Crippen molar-refractivity contribution in [1.29, 1.82) is 0 Å². The van der Waals surface area contributed by atoms with Crippen molar-refractivity contribution in [2.45, 2.75) is 12.5 Å². The van der Waals surface area contributed by atoms with Crippen molar-refractivity contribution >= 4 is 17.3 Å². The molecule has 0 aliphatic carbocycles. The molecular weight excluding hydrogens is 330 g/mol. The van der Waals surface area contributed by atoms with Gasteiger partial charge in [0, 0.05) is 12.1 Å². The van der Waals surface area contributed by atoms with E-state index < -0.39 is 0 Å². The molecule has 0 aliphatic heterocycles. The number of methoxy groups -OCH3 is 1. The predicted octanol–water partition coefficient (Wildman–Crippen LogP) is 1.59. The maximum atomic E-state index is 5.42. The number of hydrogen-bond acceptors (Lipinski definition) is 2. The minimum atomic E-state index is 0.295. The Bertz CT molecular complexity index is 661. The van der Waals surface area contributed by atoms with Gasteiger partial charge in [0.25, 0.3) is 0 Å². The summed E-state index contributed by atoms with van der Waals surface area (Å²) in [5, 5.41) is 7.33. The van der Waals surface area contributed by atoms with Gasteiger partial charge in [0.15, 0.2) is 5.11 Å². The van der Waals surface area contributed by atoms with E-state index >= 15 is 0 Å². The van der Waals surface area contributed by atoms with Crippen LogP contribution in [-0.4, -0.2) is 39.4 Å². The zero-order valence-corrected chi connectivity index (χ0v) is 16.0. The van der Waals surface area contributed by atoms with E-state index in [1.165, 1.54) is 16.0 Å². The number of rotatable bonds is 8. The lowest BCUT2D eigenvalue weighted by Crippen LogP contribution is -3.07. The number of likely N-dealkylation sites (N-methyl/N-ethyl adjacent to an activating group) is 1. The predicted molar refractivity (Wildman–Crippen MR) is 107 cm³/mol. The van der Waals surface area contributed by atoms with Crippen molar-refractivity contribution in [3.63, 3.8) is 0 Å². The van der Waals surface area contributed by atoms with Gasteiger partial charge in [-0.05, 0) is 36.3 Å². The van der Waals surface area contributed by atoms with Crippen LogP contribution in [0.4, 0.5) is 0 Å². The summed E-state index contributed by atoms with van der Waals surface area (Å²) < 4.78 is 5.34. The molecule has 0 unspecified atom stereocenters. The van der Waals surface area contributed by atoms with E-state index in [9.17, 15) is 0 Å². The van der Waals surface area contributed by atoms with Crippen molar-refractivity contribution in [1.82, 2.24) is 10.6 Å². The zero-order chi connectivity index (χ0) is 18.1. The average molecular weight is 359 g/mol. The van der Waals surface area contributed by atoms with E-state index in [-0.39, 0.29) is 0 Å². The standard InChI is InChI=1S/C20H27N3OS/c1-23(2)19(17-10-7-11-18(14-17)24-3)15-22-20(25)21-13-12-16-8-5-4-6-9-16/h4-11,14,19H,12-13,15H2,1-3H3,(H2,21,22,25)/p+1/t19-/m0/s1. The number of ether oxygens (including phenoxy) is 1. The van der Waals surface area contributed by atoms with Crippen molar-refractivity contribution < 1.29 is 9.64 Å². The van der Waals surface area contributed by atoms with Gasteiger partial charge >= 0.3 is 0 Å². The van der Waals surface area contributed by atoms with Crippen LogP contribution in [0, 0.1) is 0 Å². The largest absolute Gasteiger partial charge is 0.497 e. The van der Waals surface area contributed by atoms with Gasteiger partial charge in [-0.1, -0.05) is 42.5 Å². The summed E-state index contributed by atoms with van der Waals surface area (Å²) in [6.45, 7) is 1.60. The summed E-state index contributed by atoms with van der Waals surface area (Å²) in [6, 6.07) is 18.9. The number of quaternary nitrogens is 1. The lowest BCUT2D eigenvalue weighted by molar-refractivity contribution is -0.890. The van der Waals surface area contributed by atoms with Crippen LogP contribution >= 0.6 is 12.2 Å². The van der Waals surface area contributed by atoms with Gasteiger partial charge in [-0.2, -0.15) is 0 Å². The van der Waals surface area contributed by atoms with Gasteiger partial charge in [-0.25, -0.2) is 0 Å². The molecule has 0 amide bonds. The Morgan fingerprint density at radius 2 is 1.84 bits per heavy atom. The number of hydrogen-bond donors (Lipinski definition) is 3. The van der Waals surface area contributed by atoms with Crippen LogP contribution in [0.15, 0.2) is 54.6 Å². The molecule has 2 aromatic carbocycles. The minimum Gasteiger partial charge on any atom is -0.497 e. The van der Waals surface area contributed by atoms with E-state index in [1.54, 1.807) is 7.11 Å². The summed E-state index contributed by atoms with van der Waals surface area (Å²) in [5.74, 6) is 0.882. The van der Waals surface area contributed by atoms with Crippen LogP contribution < -0.4 is 20.3 Å². The lowest BCUT2D eigenvalue weighted by atomic mass is 10.1. The first-order chi connectivity index (χ1) is 12.1. The van der Waals surface area contributed by atoms with Gasteiger partial charge in [0.1, 0.15) is 11.8 Å². The number of thiocarbonyl (C=S) groups is 1. The zero-order valence-electron chi connectivity index (χ0n) is 15.2. The molecule has 3 N–H and O–H groups in total. The third-order valence-corrected chi connectivity index (χ3v) is 4.49. The van der Waals surface area contributed by atoms with Gasteiger partial charge in [0.05, 0.1) is 27.7 Å². The van der Waals surface area contributed by atoms with Crippen molar-refractivity contribution in [3.8, 4) is 5.75 Å². The molecule has 0 bridgehead atoms. The lowest BCUT2D eigenvalue weighted by Gasteiger charge is -2.23. The van der Waals surface area contributed by atoms with Crippen molar-refractivity contribution in [3.05, 3.63) is 65.7 Å². The second-order valence-corrected chi connectivity index (χ2v) is 6.69. The van der Waals surface area contributed by atoms with Crippen LogP contribution in [0.2, 0.25) is 0 Å². The topological polar surface area (TPSA) is 37.7 Å². The first-order valence-electron chi connectivity index (χ1n) is 8.59. The Balaban J connectivity index is 1.82. The minimum absolute atomic E-state index is 0.295.